The fourth-order valence-electron chi connectivity index (χ4n) is 2.59. The third-order valence-electron chi connectivity index (χ3n) is 3.61. The molecule has 0 amide bonds. The maximum Gasteiger partial charge on any atom is 0.116 e. The van der Waals surface area contributed by atoms with Gasteiger partial charge in [0.25, 0.3) is 0 Å². The van der Waals surface area contributed by atoms with Gasteiger partial charge < -0.3 is 5.32 Å². The SMILES string of the molecule is CCCNC(c1nc2c(s1)CCCC2)c1sccc1Br. The molecule has 1 unspecified atom stereocenters. The average molecular weight is 371 g/mol. The van der Waals surface area contributed by atoms with Gasteiger partial charge >= 0.3 is 0 Å². The fraction of sp³-hybridized carbons (Fsp3) is 0.533. The molecule has 1 aliphatic carbocycles. The summed E-state index contributed by atoms with van der Waals surface area (Å²) in [6.45, 7) is 3.24. The Morgan fingerprint density at radius 2 is 2.25 bits per heavy atom. The van der Waals surface area contributed by atoms with Crippen LogP contribution in [0.1, 0.15) is 52.7 Å². The first-order valence-electron chi connectivity index (χ1n) is 7.24. The van der Waals surface area contributed by atoms with Gasteiger partial charge in [0.2, 0.25) is 0 Å². The minimum atomic E-state index is 0.250. The van der Waals surface area contributed by atoms with Crippen LogP contribution in [0.4, 0.5) is 0 Å². The molecule has 0 aliphatic heterocycles. The van der Waals surface area contributed by atoms with Crippen LogP contribution in [-0.2, 0) is 12.8 Å². The van der Waals surface area contributed by atoms with Crippen LogP contribution in [0.15, 0.2) is 15.9 Å². The van der Waals surface area contributed by atoms with Crippen molar-refractivity contribution in [3.05, 3.63) is 36.4 Å². The third kappa shape index (κ3) is 3.01. The second kappa shape index (κ2) is 6.69. The van der Waals surface area contributed by atoms with Crippen LogP contribution >= 0.6 is 38.6 Å². The lowest BCUT2D eigenvalue weighted by molar-refractivity contribution is 0.598. The quantitative estimate of drug-likeness (QED) is 0.806. The monoisotopic (exact) mass is 370 g/mol. The zero-order valence-corrected chi connectivity index (χ0v) is 14.8. The van der Waals surface area contributed by atoms with Crippen molar-refractivity contribution >= 4 is 38.6 Å². The van der Waals surface area contributed by atoms with Gasteiger partial charge in [-0.15, -0.1) is 22.7 Å². The van der Waals surface area contributed by atoms with Crippen LogP contribution < -0.4 is 5.32 Å². The predicted molar refractivity (Wildman–Crippen MR) is 90.9 cm³/mol. The number of hydrogen-bond acceptors (Lipinski definition) is 4. The van der Waals surface area contributed by atoms with Crippen LogP contribution in [0.25, 0.3) is 0 Å². The second-order valence-corrected chi connectivity index (χ2v) is 8.07. The van der Waals surface area contributed by atoms with Crippen LogP contribution in [0.3, 0.4) is 0 Å². The van der Waals surface area contributed by atoms with Gasteiger partial charge in [-0.3, -0.25) is 0 Å². The van der Waals surface area contributed by atoms with Crippen molar-refractivity contribution in [1.82, 2.24) is 10.3 Å². The molecule has 1 atom stereocenters. The number of aromatic nitrogens is 1. The summed E-state index contributed by atoms with van der Waals surface area (Å²) in [6.07, 6.45) is 6.15. The van der Waals surface area contributed by atoms with Crippen LogP contribution in [0.5, 0.6) is 0 Å². The summed E-state index contributed by atoms with van der Waals surface area (Å²) in [5, 5.41) is 7.06. The summed E-state index contributed by atoms with van der Waals surface area (Å²) in [4.78, 5) is 7.81. The van der Waals surface area contributed by atoms with Crippen molar-refractivity contribution in [3.63, 3.8) is 0 Å². The highest BCUT2D eigenvalue weighted by Crippen LogP contribution is 2.37. The molecule has 2 aromatic rings. The summed E-state index contributed by atoms with van der Waals surface area (Å²) in [7, 11) is 0. The Labute approximate surface area is 136 Å². The Morgan fingerprint density at radius 3 is 2.95 bits per heavy atom. The molecule has 3 rings (SSSR count). The van der Waals surface area contributed by atoms with Gasteiger partial charge in [0.1, 0.15) is 5.01 Å². The first-order chi connectivity index (χ1) is 9.79. The Kier molecular flexibility index (Phi) is 4.91. The molecule has 0 fully saturated rings. The molecule has 0 spiro atoms. The molecule has 2 heterocycles. The van der Waals surface area contributed by atoms with Crippen molar-refractivity contribution in [2.24, 2.45) is 0 Å². The zero-order chi connectivity index (χ0) is 13.9. The van der Waals surface area contributed by atoms with E-state index in [1.165, 1.54) is 44.2 Å². The second-order valence-electron chi connectivity index (χ2n) is 5.15. The van der Waals surface area contributed by atoms with Crippen molar-refractivity contribution in [2.45, 2.75) is 45.1 Å². The summed E-state index contributed by atoms with van der Waals surface area (Å²) in [6, 6.07) is 2.38. The molecule has 1 aliphatic rings. The Hall–Kier alpha value is -0.230. The number of aryl methyl sites for hydroxylation is 2. The lowest BCUT2D eigenvalue weighted by Gasteiger charge is -2.15. The van der Waals surface area contributed by atoms with Crippen molar-refractivity contribution in [3.8, 4) is 0 Å². The van der Waals surface area contributed by atoms with Crippen molar-refractivity contribution in [1.29, 1.82) is 0 Å². The van der Waals surface area contributed by atoms with E-state index < -0.39 is 0 Å². The van der Waals surface area contributed by atoms with E-state index in [1.807, 2.05) is 11.3 Å². The molecule has 20 heavy (non-hydrogen) atoms. The molecule has 1 N–H and O–H groups in total. The van der Waals surface area contributed by atoms with Gasteiger partial charge in [0, 0.05) is 14.2 Å². The first kappa shape index (κ1) is 14.7. The maximum atomic E-state index is 4.94. The number of nitrogens with one attached hydrogen (secondary N) is 1. The standard InChI is InChI=1S/C15H19BrN2S2/c1-2-8-17-13(14-10(16)7-9-19-14)15-18-11-5-3-4-6-12(11)20-15/h7,9,13,17H,2-6,8H2,1H3. The van der Waals surface area contributed by atoms with Gasteiger partial charge in [0.05, 0.1) is 11.7 Å². The minimum Gasteiger partial charge on any atom is -0.304 e. The number of hydrogen-bond donors (Lipinski definition) is 1. The van der Waals surface area contributed by atoms with Crippen molar-refractivity contribution < 1.29 is 0 Å². The molecular weight excluding hydrogens is 352 g/mol. The van der Waals surface area contributed by atoms with Crippen LogP contribution in [-0.4, -0.2) is 11.5 Å². The normalized spacial score (nSPS) is 16.1. The number of thiophene rings is 1. The molecule has 2 aromatic heterocycles. The zero-order valence-electron chi connectivity index (χ0n) is 11.6. The predicted octanol–water partition coefficient (Wildman–Crippen LogP) is 4.93. The molecule has 2 nitrogen and oxygen atoms in total. The molecule has 0 aromatic carbocycles. The smallest absolute Gasteiger partial charge is 0.116 e. The van der Waals surface area contributed by atoms with E-state index in [0.29, 0.717) is 0 Å². The Morgan fingerprint density at radius 1 is 1.40 bits per heavy atom. The summed E-state index contributed by atoms with van der Waals surface area (Å²) in [5.74, 6) is 0. The van der Waals surface area contributed by atoms with Gasteiger partial charge in [0.15, 0.2) is 0 Å². The number of fused-ring (bicyclic) bond motifs is 1. The molecule has 108 valence electrons. The summed E-state index contributed by atoms with van der Waals surface area (Å²) in [5.41, 5.74) is 1.35. The van der Waals surface area contributed by atoms with Gasteiger partial charge in [-0.1, -0.05) is 6.92 Å². The highest BCUT2D eigenvalue weighted by Gasteiger charge is 2.24. The highest BCUT2D eigenvalue weighted by atomic mass is 79.9. The molecule has 0 saturated heterocycles. The molecule has 0 bridgehead atoms. The van der Waals surface area contributed by atoms with Gasteiger partial charge in [-0.25, -0.2) is 4.98 Å². The minimum absolute atomic E-state index is 0.250. The summed E-state index contributed by atoms with van der Waals surface area (Å²) >= 11 is 7.39. The molecule has 0 radical (unpaired) electrons. The lowest BCUT2D eigenvalue weighted by Crippen LogP contribution is -2.22. The number of nitrogens with zero attached hydrogens (tertiary/aromatic N) is 1. The largest absolute Gasteiger partial charge is 0.304 e. The molecule has 5 heteroatoms. The fourth-order valence-corrected chi connectivity index (χ4v) is 5.58. The average Bonchev–Trinajstić information content (AvgIpc) is 3.06. The summed E-state index contributed by atoms with van der Waals surface area (Å²) < 4.78 is 1.20. The number of rotatable bonds is 5. The van der Waals surface area contributed by atoms with E-state index in [9.17, 15) is 0 Å². The van der Waals surface area contributed by atoms with E-state index in [1.54, 1.807) is 11.3 Å². The van der Waals surface area contributed by atoms with Crippen molar-refractivity contribution in [2.75, 3.05) is 6.54 Å². The van der Waals surface area contributed by atoms with Crippen LogP contribution in [0.2, 0.25) is 0 Å². The maximum absolute atomic E-state index is 4.94. The Bertz CT molecular complexity index is 553. The van der Waals surface area contributed by atoms with E-state index in [4.69, 9.17) is 4.98 Å². The number of halogens is 1. The van der Waals surface area contributed by atoms with Crippen LogP contribution in [0, 0.1) is 0 Å². The molecule has 0 saturated carbocycles. The van der Waals surface area contributed by atoms with Gasteiger partial charge in [-0.2, -0.15) is 0 Å². The Balaban J connectivity index is 1.92. The van der Waals surface area contributed by atoms with E-state index in [2.05, 4.69) is 39.6 Å². The first-order valence-corrected chi connectivity index (χ1v) is 9.73. The van der Waals surface area contributed by atoms with E-state index >= 15 is 0 Å². The van der Waals surface area contributed by atoms with E-state index in [0.717, 1.165) is 19.4 Å². The van der Waals surface area contributed by atoms with Gasteiger partial charge in [-0.05, 0) is 66.0 Å². The highest BCUT2D eigenvalue weighted by molar-refractivity contribution is 9.10. The van der Waals surface area contributed by atoms with E-state index in [-0.39, 0.29) is 6.04 Å². The lowest BCUT2D eigenvalue weighted by atomic mass is 10.0. The topological polar surface area (TPSA) is 24.9 Å². The third-order valence-corrected chi connectivity index (χ3v) is 6.77. The molecular formula is C15H19BrN2S2. The number of thiazole rings is 1.